The van der Waals surface area contributed by atoms with E-state index in [4.69, 9.17) is 10.2 Å². The lowest BCUT2D eigenvalue weighted by molar-refractivity contribution is 0.516. The monoisotopic (exact) mass is 225 g/mol. The minimum absolute atomic E-state index is 0.308. The Kier molecular flexibility index (Phi) is 2.34. The van der Waals surface area contributed by atoms with Gasteiger partial charge in [-0.15, -0.1) is 0 Å². The number of fused-ring (bicyclic) bond motifs is 1. The Balaban J connectivity index is 2.04. The molecule has 0 saturated carbocycles. The van der Waals surface area contributed by atoms with E-state index >= 15 is 0 Å². The van der Waals surface area contributed by atoms with Gasteiger partial charge in [-0.25, -0.2) is 4.98 Å². The van der Waals surface area contributed by atoms with Crippen molar-refractivity contribution in [3.63, 3.8) is 0 Å². The lowest BCUT2D eigenvalue weighted by Crippen LogP contribution is -2.10. The maximum atomic E-state index is 6.12. The number of nitrogens with two attached hydrogens (primary N) is 1. The van der Waals surface area contributed by atoms with Crippen molar-refractivity contribution in [3.05, 3.63) is 60.2 Å². The molecule has 0 bridgehead atoms. The van der Waals surface area contributed by atoms with Crippen molar-refractivity contribution < 1.29 is 4.42 Å². The molecule has 17 heavy (non-hydrogen) atoms. The minimum Gasteiger partial charge on any atom is -0.441 e. The summed E-state index contributed by atoms with van der Waals surface area (Å²) >= 11 is 0. The summed E-state index contributed by atoms with van der Waals surface area (Å²) in [4.78, 5) is 8.19. The lowest BCUT2D eigenvalue weighted by atomic mass is 10.1. The van der Waals surface area contributed by atoms with Crippen molar-refractivity contribution in [2.24, 2.45) is 5.73 Å². The Morgan fingerprint density at radius 2 is 2.06 bits per heavy atom. The van der Waals surface area contributed by atoms with E-state index in [-0.39, 0.29) is 6.04 Å². The second-order valence-electron chi connectivity index (χ2n) is 3.81. The van der Waals surface area contributed by atoms with Crippen molar-refractivity contribution in [2.75, 3.05) is 0 Å². The van der Waals surface area contributed by atoms with E-state index in [2.05, 4.69) is 9.97 Å². The number of rotatable bonds is 2. The normalized spacial score (nSPS) is 12.8. The van der Waals surface area contributed by atoms with Crippen molar-refractivity contribution in [1.82, 2.24) is 9.97 Å². The Morgan fingerprint density at radius 3 is 2.82 bits per heavy atom. The van der Waals surface area contributed by atoms with Crippen LogP contribution in [0.1, 0.15) is 17.4 Å². The molecule has 0 spiro atoms. The molecule has 84 valence electrons. The molecule has 0 fully saturated rings. The third-order valence-electron chi connectivity index (χ3n) is 2.66. The van der Waals surface area contributed by atoms with Crippen LogP contribution in [0.15, 0.2) is 53.3 Å². The molecule has 0 aliphatic rings. The summed E-state index contributed by atoms with van der Waals surface area (Å²) in [6, 6.07) is 9.22. The number of hydrogen-bond acceptors (Lipinski definition) is 4. The highest BCUT2D eigenvalue weighted by atomic mass is 16.3. The fraction of sp³-hybridized carbons (Fsp3) is 0.0769. The zero-order valence-corrected chi connectivity index (χ0v) is 9.08. The Morgan fingerprint density at radius 1 is 1.18 bits per heavy atom. The van der Waals surface area contributed by atoms with Crippen LogP contribution < -0.4 is 5.73 Å². The Bertz CT molecular complexity index is 600. The third kappa shape index (κ3) is 1.79. The fourth-order valence-electron chi connectivity index (χ4n) is 1.77. The van der Waals surface area contributed by atoms with Gasteiger partial charge in [0.15, 0.2) is 0 Å². The van der Waals surface area contributed by atoms with Crippen molar-refractivity contribution in [1.29, 1.82) is 0 Å². The fourth-order valence-corrected chi connectivity index (χ4v) is 1.77. The summed E-state index contributed by atoms with van der Waals surface area (Å²) in [7, 11) is 0. The van der Waals surface area contributed by atoms with Crippen LogP contribution in [0.3, 0.4) is 0 Å². The highest BCUT2D eigenvalue weighted by molar-refractivity contribution is 5.73. The summed E-state index contributed by atoms with van der Waals surface area (Å²) < 4.78 is 5.62. The van der Waals surface area contributed by atoms with Gasteiger partial charge in [0.2, 0.25) is 5.71 Å². The molecule has 3 aromatic heterocycles. The molecule has 0 aliphatic carbocycles. The first-order valence-corrected chi connectivity index (χ1v) is 5.34. The van der Waals surface area contributed by atoms with E-state index in [0.717, 1.165) is 10.9 Å². The van der Waals surface area contributed by atoms with Crippen LogP contribution >= 0.6 is 0 Å². The van der Waals surface area contributed by atoms with Crippen LogP contribution in [-0.2, 0) is 0 Å². The summed E-state index contributed by atoms with van der Waals surface area (Å²) in [6.07, 6.45) is 5.16. The van der Waals surface area contributed by atoms with Crippen LogP contribution in [0.25, 0.3) is 11.1 Å². The van der Waals surface area contributed by atoms with Crippen molar-refractivity contribution in [3.8, 4) is 0 Å². The molecule has 3 rings (SSSR count). The summed E-state index contributed by atoms with van der Waals surface area (Å²) in [5.74, 6) is 0.701. The van der Waals surface area contributed by atoms with Crippen LogP contribution in [-0.4, -0.2) is 9.97 Å². The van der Waals surface area contributed by atoms with E-state index in [0.29, 0.717) is 11.5 Å². The lowest BCUT2D eigenvalue weighted by Gasteiger charge is -2.07. The van der Waals surface area contributed by atoms with Gasteiger partial charge in [-0.2, -0.15) is 0 Å². The molecule has 4 nitrogen and oxygen atoms in total. The second kappa shape index (κ2) is 3.99. The standard InChI is InChI=1S/C13H11N3O/c14-12(10-4-1-5-15-8-10)11-7-9-3-2-6-16-13(9)17-11/h1-8,12H,14H2. The second-order valence-corrected chi connectivity index (χ2v) is 3.81. The SMILES string of the molecule is NC(c1cccnc1)c1cc2cccnc2o1. The first-order chi connectivity index (χ1) is 8.34. The van der Waals surface area contributed by atoms with Crippen molar-refractivity contribution >= 4 is 11.1 Å². The van der Waals surface area contributed by atoms with Gasteiger partial charge in [0.05, 0.1) is 6.04 Å². The maximum Gasteiger partial charge on any atom is 0.226 e. The largest absolute Gasteiger partial charge is 0.441 e. The van der Waals surface area contributed by atoms with Gasteiger partial charge in [0.1, 0.15) is 5.76 Å². The molecule has 0 radical (unpaired) electrons. The van der Waals surface area contributed by atoms with Gasteiger partial charge in [0.25, 0.3) is 0 Å². The van der Waals surface area contributed by atoms with E-state index < -0.39 is 0 Å². The highest BCUT2D eigenvalue weighted by Gasteiger charge is 2.14. The Hall–Kier alpha value is -2.20. The predicted molar refractivity (Wildman–Crippen MR) is 64.3 cm³/mol. The molecule has 0 amide bonds. The van der Waals surface area contributed by atoms with Crippen LogP contribution in [0, 0.1) is 0 Å². The van der Waals surface area contributed by atoms with Gasteiger partial charge in [0, 0.05) is 24.0 Å². The molecule has 3 heterocycles. The zero-order chi connectivity index (χ0) is 11.7. The molecular weight excluding hydrogens is 214 g/mol. The molecule has 3 aromatic rings. The first-order valence-electron chi connectivity index (χ1n) is 5.34. The van der Waals surface area contributed by atoms with Crippen LogP contribution in [0.4, 0.5) is 0 Å². The third-order valence-corrected chi connectivity index (χ3v) is 2.66. The van der Waals surface area contributed by atoms with Crippen LogP contribution in [0.2, 0.25) is 0 Å². The smallest absolute Gasteiger partial charge is 0.226 e. The maximum absolute atomic E-state index is 6.12. The van der Waals surface area contributed by atoms with Gasteiger partial charge in [-0.05, 0) is 29.8 Å². The molecule has 0 aromatic carbocycles. The van der Waals surface area contributed by atoms with E-state index in [1.807, 2.05) is 30.3 Å². The highest BCUT2D eigenvalue weighted by Crippen LogP contribution is 2.24. The number of hydrogen-bond donors (Lipinski definition) is 1. The minimum atomic E-state index is -0.308. The van der Waals surface area contributed by atoms with Crippen LogP contribution in [0.5, 0.6) is 0 Å². The number of furan rings is 1. The molecule has 1 unspecified atom stereocenters. The molecule has 4 heteroatoms. The number of nitrogens with zero attached hydrogens (tertiary/aromatic N) is 2. The molecule has 0 aliphatic heterocycles. The number of aromatic nitrogens is 2. The van der Waals surface area contributed by atoms with Gasteiger partial charge in [-0.1, -0.05) is 6.07 Å². The average Bonchev–Trinajstić information content (AvgIpc) is 2.82. The predicted octanol–water partition coefficient (Wildman–Crippen LogP) is 2.27. The number of pyridine rings is 2. The average molecular weight is 225 g/mol. The first kappa shape index (κ1) is 9.99. The summed E-state index contributed by atoms with van der Waals surface area (Å²) in [6.45, 7) is 0. The zero-order valence-electron chi connectivity index (χ0n) is 9.08. The summed E-state index contributed by atoms with van der Waals surface area (Å²) in [5, 5.41) is 0.960. The quantitative estimate of drug-likeness (QED) is 0.726. The Labute approximate surface area is 98.1 Å². The summed E-state index contributed by atoms with van der Waals surface area (Å²) in [5.41, 5.74) is 7.65. The topological polar surface area (TPSA) is 64.9 Å². The van der Waals surface area contributed by atoms with Crippen molar-refractivity contribution in [2.45, 2.75) is 6.04 Å². The molecule has 2 N–H and O–H groups in total. The van der Waals surface area contributed by atoms with E-state index in [1.165, 1.54) is 0 Å². The molecule has 1 atom stereocenters. The van der Waals surface area contributed by atoms with Gasteiger partial charge in [-0.3, -0.25) is 4.98 Å². The van der Waals surface area contributed by atoms with E-state index in [9.17, 15) is 0 Å². The van der Waals surface area contributed by atoms with Gasteiger partial charge >= 0.3 is 0 Å². The molecular formula is C13H11N3O. The van der Waals surface area contributed by atoms with Gasteiger partial charge < -0.3 is 10.2 Å². The van der Waals surface area contributed by atoms with E-state index in [1.54, 1.807) is 18.6 Å². The molecule has 0 saturated heterocycles.